The van der Waals surface area contributed by atoms with Crippen LogP contribution in [-0.4, -0.2) is 25.7 Å². The molecule has 2 rings (SSSR count). The Morgan fingerprint density at radius 1 is 1.21 bits per heavy atom. The van der Waals surface area contributed by atoms with Crippen molar-refractivity contribution in [2.75, 3.05) is 24.5 Å². The van der Waals surface area contributed by atoms with Gasteiger partial charge in [-0.2, -0.15) is 13.2 Å². The molecule has 0 radical (unpaired) electrons. The summed E-state index contributed by atoms with van der Waals surface area (Å²) in [4.78, 5) is 2.20. The molecule has 0 spiro atoms. The highest BCUT2D eigenvalue weighted by Gasteiger charge is 2.31. The zero-order valence-electron chi connectivity index (χ0n) is 11.2. The Morgan fingerprint density at radius 2 is 1.84 bits per heavy atom. The van der Waals surface area contributed by atoms with Gasteiger partial charge >= 0.3 is 6.18 Å². The number of nitrogens with one attached hydrogen (secondary N) is 1. The molecule has 0 saturated carbocycles. The van der Waals surface area contributed by atoms with Gasteiger partial charge in [-0.25, -0.2) is 0 Å². The van der Waals surface area contributed by atoms with E-state index in [1.807, 2.05) is 0 Å². The van der Waals surface area contributed by atoms with Crippen LogP contribution in [0.25, 0.3) is 0 Å². The molecule has 106 valence electrons. The van der Waals surface area contributed by atoms with Crippen LogP contribution in [0.2, 0.25) is 0 Å². The molecule has 0 amide bonds. The summed E-state index contributed by atoms with van der Waals surface area (Å²) in [5, 5.41) is 3.33. The molecule has 1 aliphatic rings. The molecule has 0 bridgehead atoms. The van der Waals surface area contributed by atoms with Crippen molar-refractivity contribution >= 4 is 5.69 Å². The number of benzene rings is 1. The lowest BCUT2D eigenvalue weighted by atomic mass is 9.99. The molecule has 1 unspecified atom stereocenters. The van der Waals surface area contributed by atoms with E-state index in [4.69, 9.17) is 0 Å². The van der Waals surface area contributed by atoms with Crippen LogP contribution in [0, 0.1) is 5.92 Å². The van der Waals surface area contributed by atoms with E-state index < -0.39 is 11.7 Å². The lowest BCUT2D eigenvalue weighted by Gasteiger charge is -2.40. The van der Waals surface area contributed by atoms with Crippen molar-refractivity contribution in [1.82, 2.24) is 5.32 Å². The van der Waals surface area contributed by atoms with E-state index in [-0.39, 0.29) is 0 Å². The molecule has 1 heterocycles. The largest absolute Gasteiger partial charge is 0.416 e. The summed E-state index contributed by atoms with van der Waals surface area (Å²) in [5.41, 5.74) is 0.278. The van der Waals surface area contributed by atoms with Gasteiger partial charge in [-0.1, -0.05) is 13.8 Å². The van der Waals surface area contributed by atoms with Crippen LogP contribution in [0.4, 0.5) is 18.9 Å². The summed E-state index contributed by atoms with van der Waals surface area (Å²) in [7, 11) is 0. The third kappa shape index (κ3) is 3.21. The molecule has 5 heteroatoms. The van der Waals surface area contributed by atoms with Gasteiger partial charge in [0.2, 0.25) is 0 Å². The summed E-state index contributed by atoms with van der Waals surface area (Å²) in [6.45, 7) is 6.83. The first-order valence-corrected chi connectivity index (χ1v) is 6.54. The molecule has 1 aliphatic heterocycles. The SMILES string of the molecule is CC(C)C1CNCCN1c1ccc(C(F)(F)F)cc1. The summed E-state index contributed by atoms with van der Waals surface area (Å²) in [6.07, 6.45) is -4.26. The second-order valence-electron chi connectivity index (χ2n) is 5.25. The van der Waals surface area contributed by atoms with Gasteiger partial charge in [0, 0.05) is 31.4 Å². The third-order valence-electron chi connectivity index (χ3n) is 3.58. The van der Waals surface area contributed by atoms with Gasteiger partial charge in [0.25, 0.3) is 0 Å². The van der Waals surface area contributed by atoms with Gasteiger partial charge in [-0.15, -0.1) is 0 Å². The Kier molecular flexibility index (Phi) is 4.04. The number of halogens is 3. The van der Waals surface area contributed by atoms with Crippen molar-refractivity contribution in [1.29, 1.82) is 0 Å². The molecule has 1 saturated heterocycles. The van der Waals surface area contributed by atoms with Crippen molar-refractivity contribution < 1.29 is 13.2 Å². The van der Waals surface area contributed by atoms with Crippen LogP contribution in [0.3, 0.4) is 0 Å². The normalized spacial score (nSPS) is 20.9. The zero-order valence-corrected chi connectivity index (χ0v) is 11.2. The highest BCUT2D eigenvalue weighted by molar-refractivity contribution is 5.49. The quantitative estimate of drug-likeness (QED) is 0.889. The highest BCUT2D eigenvalue weighted by atomic mass is 19.4. The number of rotatable bonds is 2. The van der Waals surface area contributed by atoms with E-state index in [1.54, 1.807) is 12.1 Å². The molecule has 1 atom stereocenters. The predicted molar refractivity (Wildman–Crippen MR) is 70.3 cm³/mol. The van der Waals surface area contributed by atoms with Gasteiger partial charge in [-0.3, -0.25) is 0 Å². The lowest BCUT2D eigenvalue weighted by molar-refractivity contribution is -0.137. The van der Waals surface area contributed by atoms with Gasteiger partial charge in [-0.05, 0) is 30.2 Å². The van der Waals surface area contributed by atoms with Crippen molar-refractivity contribution in [3.05, 3.63) is 29.8 Å². The standard InChI is InChI=1S/C14H19F3N2/c1-10(2)13-9-18-7-8-19(13)12-5-3-11(4-6-12)14(15,16)17/h3-6,10,13,18H,7-9H2,1-2H3. The van der Waals surface area contributed by atoms with Crippen LogP contribution in [0.1, 0.15) is 19.4 Å². The second-order valence-corrected chi connectivity index (χ2v) is 5.25. The van der Waals surface area contributed by atoms with Crippen molar-refractivity contribution in [3.63, 3.8) is 0 Å². The van der Waals surface area contributed by atoms with Crippen LogP contribution in [-0.2, 0) is 6.18 Å². The van der Waals surface area contributed by atoms with Gasteiger partial charge < -0.3 is 10.2 Å². The van der Waals surface area contributed by atoms with E-state index >= 15 is 0 Å². The summed E-state index contributed by atoms with van der Waals surface area (Å²) < 4.78 is 37.6. The number of anilines is 1. The zero-order chi connectivity index (χ0) is 14.0. The molecule has 1 N–H and O–H groups in total. The average Bonchev–Trinajstić information content (AvgIpc) is 2.38. The Morgan fingerprint density at radius 3 is 2.37 bits per heavy atom. The van der Waals surface area contributed by atoms with Crippen LogP contribution < -0.4 is 10.2 Å². The minimum absolute atomic E-state index is 0.325. The molecule has 1 aromatic carbocycles. The average molecular weight is 272 g/mol. The minimum atomic E-state index is -4.26. The van der Waals surface area contributed by atoms with Crippen LogP contribution >= 0.6 is 0 Å². The Labute approximate surface area is 111 Å². The Hall–Kier alpha value is -1.23. The summed E-state index contributed by atoms with van der Waals surface area (Å²) in [5.74, 6) is 0.454. The second kappa shape index (κ2) is 5.41. The predicted octanol–water partition coefficient (Wildman–Crippen LogP) is 3.14. The van der Waals surface area contributed by atoms with Gasteiger partial charge in [0.1, 0.15) is 0 Å². The minimum Gasteiger partial charge on any atom is -0.366 e. The fourth-order valence-corrected chi connectivity index (χ4v) is 2.48. The van der Waals surface area contributed by atoms with Crippen molar-refractivity contribution in [3.8, 4) is 0 Å². The molecule has 19 heavy (non-hydrogen) atoms. The monoisotopic (exact) mass is 272 g/mol. The topological polar surface area (TPSA) is 15.3 Å². The van der Waals surface area contributed by atoms with Crippen LogP contribution in [0.15, 0.2) is 24.3 Å². The number of piperazine rings is 1. The lowest BCUT2D eigenvalue weighted by Crippen LogP contribution is -2.53. The maximum Gasteiger partial charge on any atom is 0.416 e. The van der Waals surface area contributed by atoms with E-state index in [1.165, 1.54) is 0 Å². The third-order valence-corrected chi connectivity index (χ3v) is 3.58. The Bertz CT molecular complexity index is 412. The highest BCUT2D eigenvalue weighted by Crippen LogP contribution is 2.31. The van der Waals surface area contributed by atoms with E-state index in [9.17, 15) is 13.2 Å². The van der Waals surface area contributed by atoms with Crippen LogP contribution in [0.5, 0.6) is 0 Å². The van der Waals surface area contributed by atoms with Gasteiger partial charge in [0.05, 0.1) is 5.56 Å². The van der Waals surface area contributed by atoms with Gasteiger partial charge in [0.15, 0.2) is 0 Å². The van der Waals surface area contributed by atoms with E-state index in [2.05, 4.69) is 24.1 Å². The fraction of sp³-hybridized carbons (Fsp3) is 0.571. The number of hydrogen-bond acceptors (Lipinski definition) is 2. The summed E-state index contributed by atoms with van der Waals surface area (Å²) in [6, 6.07) is 5.79. The smallest absolute Gasteiger partial charge is 0.366 e. The number of hydrogen-bond donors (Lipinski definition) is 1. The van der Waals surface area contributed by atoms with E-state index in [0.717, 1.165) is 37.5 Å². The molecule has 1 aromatic rings. The fourth-order valence-electron chi connectivity index (χ4n) is 2.48. The Balaban J connectivity index is 2.20. The van der Waals surface area contributed by atoms with E-state index in [0.29, 0.717) is 12.0 Å². The maximum absolute atomic E-state index is 12.5. The summed E-state index contributed by atoms with van der Waals surface area (Å²) >= 11 is 0. The number of alkyl halides is 3. The van der Waals surface area contributed by atoms with Crippen molar-refractivity contribution in [2.45, 2.75) is 26.1 Å². The first kappa shape index (κ1) is 14.2. The molecular formula is C14H19F3N2. The molecule has 0 aromatic heterocycles. The maximum atomic E-state index is 12.5. The van der Waals surface area contributed by atoms with Crippen molar-refractivity contribution in [2.24, 2.45) is 5.92 Å². The number of nitrogens with zero attached hydrogens (tertiary/aromatic N) is 1. The first-order valence-electron chi connectivity index (χ1n) is 6.54. The first-order chi connectivity index (χ1) is 8.89. The molecule has 0 aliphatic carbocycles. The molecule has 1 fully saturated rings. The molecular weight excluding hydrogens is 253 g/mol. The molecule has 2 nitrogen and oxygen atoms in total.